The average Bonchev–Trinajstić information content (AvgIpc) is 1.19. The van der Waals surface area contributed by atoms with Crippen LogP contribution in [0.1, 0.15) is 0 Å². The zero-order valence-electron chi connectivity index (χ0n) is 7.43. The Hall–Kier alpha value is 3.07. The summed E-state index contributed by atoms with van der Waals surface area (Å²) in [6.45, 7) is 0. The van der Waals surface area contributed by atoms with E-state index in [1.165, 1.54) is 0 Å². The minimum atomic E-state index is -4.67. The summed E-state index contributed by atoms with van der Waals surface area (Å²) in [4.78, 5) is 8.56. The molecule has 0 heterocycles. The van der Waals surface area contributed by atoms with Gasteiger partial charge >= 0.3 is 16.6 Å². The van der Waals surface area contributed by atoms with Gasteiger partial charge in [0.05, 0.1) is 0 Å². The van der Waals surface area contributed by atoms with Gasteiger partial charge in [0.25, 0.3) is 0 Å². The first-order valence-electron chi connectivity index (χ1n) is 1.35. The van der Waals surface area contributed by atoms with Crippen LogP contribution in [0.4, 0.5) is 9.50 Å². The number of hydrogen-bond acceptors (Lipinski definition) is 4. The van der Waals surface area contributed by atoms with E-state index >= 15 is 0 Å². The summed E-state index contributed by atoms with van der Waals surface area (Å²) in [6, 6.07) is 0. The van der Waals surface area contributed by atoms with Crippen LogP contribution in [0.5, 0.6) is 0 Å². The molecule has 0 unspecified atom stereocenters. The number of halogens is 4. The molecule has 0 spiro atoms. The molecule has 0 aromatic rings. The van der Waals surface area contributed by atoms with Crippen LogP contribution in [0.3, 0.4) is 0 Å². The summed E-state index contributed by atoms with van der Waals surface area (Å²) in [7, 11) is -4.67. The first kappa shape index (κ1) is 72.0. The third-order valence-electron chi connectivity index (χ3n) is 0. The molecule has 0 rings (SSSR count). The van der Waals surface area contributed by atoms with Gasteiger partial charge in [0, 0.05) is 97.3 Å². The van der Waals surface area contributed by atoms with Crippen molar-refractivity contribution in [2.75, 3.05) is 0 Å². The van der Waals surface area contributed by atoms with Crippen molar-refractivity contribution in [3.05, 3.63) is 0 Å². The second kappa shape index (κ2) is 42.7. The molecule has 7 N–H and O–H groups in total. The van der Waals surface area contributed by atoms with Crippen LogP contribution in [-0.4, -0.2) is 33.9 Å². The number of rotatable bonds is 0. The maximum atomic E-state index is 8.74. The molecule has 0 saturated carbocycles. The molecule has 0 aliphatic rings. The van der Waals surface area contributed by atoms with Crippen molar-refractivity contribution in [2.45, 2.75) is 0 Å². The van der Waals surface area contributed by atoms with Crippen LogP contribution in [0.15, 0.2) is 0 Å². The van der Waals surface area contributed by atoms with Gasteiger partial charge in [-0.2, -0.15) is 8.42 Å². The zero-order valence-corrected chi connectivity index (χ0v) is 17.2. The second-order valence-electron chi connectivity index (χ2n) is 0.730. The van der Waals surface area contributed by atoms with Gasteiger partial charge in [0.1, 0.15) is 0 Å². The first-order valence-corrected chi connectivity index (χ1v) is 2.75. The summed E-state index contributed by atoms with van der Waals surface area (Å²) in [5, 5.41) is 13.9. The van der Waals surface area contributed by atoms with E-state index in [2.05, 4.69) is 0 Å². The van der Waals surface area contributed by atoms with Crippen molar-refractivity contribution >= 4 is 53.8 Å². The normalized spacial score (nSPS) is 4.82. The summed E-state index contributed by atoms with van der Waals surface area (Å²) in [5.41, 5.74) is 0. The Labute approximate surface area is 191 Å². The topological polar surface area (TPSA) is 167 Å². The maximum absolute atomic E-state index is 8.74. The third kappa shape index (κ3) is 590. The molecule has 17 heavy (non-hydrogen) atoms. The van der Waals surface area contributed by atoms with E-state index in [1.54, 1.807) is 0 Å². The molecular formula is CH11Cl3FGdNNdNiO7S. The number of carboxylic acid groups (broad SMARTS) is 2. The van der Waals surface area contributed by atoms with E-state index in [0.717, 1.165) is 0 Å². The molecule has 8 nitrogen and oxygen atoms in total. The standard InChI is InChI=1S/CH2O3.3ClH.FH.Gd.H3N.Nd.Ni.H2O4S/c2-1(3)4;;;;;;;;;1-5(2,3)4/h(H2,2,3,4);4*1H;;1H3;;;(H2,1,2,3,4). The molecule has 0 aliphatic carbocycles. The summed E-state index contributed by atoms with van der Waals surface area (Å²) < 4.78 is 31.6. The quantitative estimate of drug-likeness (QED) is 0.190. The Morgan fingerprint density at radius 1 is 0.941 bits per heavy atom. The van der Waals surface area contributed by atoms with Gasteiger partial charge in [-0.05, 0) is 0 Å². The molecular weight excluding hydrogens is 656 g/mol. The van der Waals surface area contributed by atoms with Crippen molar-refractivity contribution in [3.63, 3.8) is 0 Å². The predicted octanol–water partition coefficient (Wildman–Crippen LogP) is 1.15. The van der Waals surface area contributed by atoms with Crippen molar-refractivity contribution in [1.29, 1.82) is 0 Å². The molecule has 0 radical (unpaired) electrons. The average molecular weight is 667 g/mol. The fourth-order valence-electron chi connectivity index (χ4n) is 0. The molecule has 0 aliphatic heterocycles. The van der Waals surface area contributed by atoms with Crippen LogP contribution < -0.4 is 6.15 Å². The van der Waals surface area contributed by atoms with Gasteiger partial charge < -0.3 is 16.4 Å². The predicted molar refractivity (Wildman–Crippen MR) is 54.1 cm³/mol. The van der Waals surface area contributed by atoms with E-state index in [0.29, 0.717) is 0 Å². The largest absolute Gasteiger partial charge is 0.503 e. The van der Waals surface area contributed by atoms with Gasteiger partial charge in [-0.25, -0.2) is 4.79 Å². The van der Waals surface area contributed by atoms with Gasteiger partial charge in [-0.15, -0.1) is 37.2 Å². The van der Waals surface area contributed by atoms with Gasteiger partial charge in [-0.3, -0.25) is 13.8 Å². The molecule has 0 aromatic carbocycles. The third-order valence-corrected chi connectivity index (χ3v) is 0. The van der Waals surface area contributed by atoms with E-state index in [-0.39, 0.29) is 145 Å². The monoisotopic (exact) mass is 663 g/mol. The van der Waals surface area contributed by atoms with Crippen LogP contribution in [0.2, 0.25) is 0 Å². The van der Waals surface area contributed by atoms with Gasteiger partial charge in [-0.1, -0.05) is 0 Å². The molecule has 16 heteroatoms. The number of hydrogen-bond donors (Lipinski definition) is 5. The fraction of sp³-hybridized carbons (Fsp3) is 0. The molecule has 118 valence electrons. The minimum Gasteiger partial charge on any atom is -0.450 e. The zero-order chi connectivity index (χ0) is 8.08. The Morgan fingerprint density at radius 3 is 0.941 bits per heavy atom. The summed E-state index contributed by atoms with van der Waals surface area (Å²) in [5.74, 6) is 0. The van der Waals surface area contributed by atoms with E-state index in [4.69, 9.17) is 32.5 Å². The van der Waals surface area contributed by atoms with Crippen LogP contribution in [-0.2, 0) is 26.9 Å². The van der Waals surface area contributed by atoms with Crippen LogP contribution >= 0.6 is 37.2 Å². The minimum absolute atomic E-state index is 0. The Balaban J connectivity index is -0.00000000494. The second-order valence-corrected chi connectivity index (χ2v) is 1.63. The molecule has 0 amide bonds. The van der Waals surface area contributed by atoms with Crippen LogP contribution in [0.25, 0.3) is 0 Å². The number of carbonyl (C=O) groups is 1. The SMILES string of the molecule is Cl.Cl.Cl.F.N.O=C(O)O.O=S(=O)(O)O.[Gd].[Nd].[Ni]. The fourth-order valence-corrected chi connectivity index (χ4v) is 0. The Kier molecular flexibility index (Phi) is 181. The Morgan fingerprint density at radius 2 is 0.941 bits per heavy atom. The van der Waals surface area contributed by atoms with E-state index < -0.39 is 16.6 Å². The molecule has 0 fully saturated rings. The molecule has 0 bridgehead atoms. The first-order chi connectivity index (χ1) is 3.73. The molecule has 0 aromatic heterocycles. The van der Waals surface area contributed by atoms with Crippen molar-refractivity contribution < 1.29 is 135 Å². The van der Waals surface area contributed by atoms with Crippen LogP contribution in [0, 0.1) is 80.8 Å². The molecule has 0 atom stereocenters. The van der Waals surface area contributed by atoms with Gasteiger partial charge in [0.2, 0.25) is 0 Å². The summed E-state index contributed by atoms with van der Waals surface area (Å²) >= 11 is 0. The smallest absolute Gasteiger partial charge is 0.450 e. The van der Waals surface area contributed by atoms with E-state index in [1.807, 2.05) is 0 Å². The Bertz CT molecular complexity index is 188. The molecule has 0 saturated heterocycles. The van der Waals surface area contributed by atoms with Crippen molar-refractivity contribution in [2.24, 2.45) is 0 Å². The van der Waals surface area contributed by atoms with Crippen molar-refractivity contribution in [3.8, 4) is 0 Å². The van der Waals surface area contributed by atoms with Crippen molar-refractivity contribution in [1.82, 2.24) is 6.15 Å². The van der Waals surface area contributed by atoms with Gasteiger partial charge in [0.15, 0.2) is 0 Å². The van der Waals surface area contributed by atoms with E-state index in [9.17, 15) is 0 Å². The summed E-state index contributed by atoms with van der Waals surface area (Å²) in [6.07, 6.45) is -1.83. The maximum Gasteiger partial charge on any atom is 0.503 e.